The lowest BCUT2D eigenvalue weighted by Gasteiger charge is -2.36. The van der Waals surface area contributed by atoms with E-state index in [9.17, 15) is 4.79 Å². The molecule has 0 bridgehead atoms. The number of carbonyl (C=O) groups is 1. The van der Waals surface area contributed by atoms with Crippen molar-refractivity contribution in [3.63, 3.8) is 0 Å². The number of aromatic nitrogens is 3. The Hall–Kier alpha value is -2.45. The number of fused-ring (bicyclic) bond motifs is 1. The standard InChI is InChI=1S/C22H28N6OS/c29-21(24-5-2-7-27-8-6-23-16-27)19-13-17(19)14-26-9-11-28(12-10-26)20-15-30-22-18(20)3-1-4-25-22/h1,3-4,6,8,15-17,19H,2,5,7,9-14H2,(H,24,29)/t17-,19+/m1/s1. The quantitative estimate of drug-likeness (QED) is 0.563. The Morgan fingerprint density at radius 3 is 2.97 bits per heavy atom. The second-order valence-corrected chi connectivity index (χ2v) is 9.17. The smallest absolute Gasteiger partial charge is 0.223 e. The van der Waals surface area contributed by atoms with Gasteiger partial charge in [-0.15, -0.1) is 11.3 Å². The van der Waals surface area contributed by atoms with E-state index in [4.69, 9.17) is 0 Å². The minimum absolute atomic E-state index is 0.211. The lowest BCUT2D eigenvalue weighted by molar-refractivity contribution is -0.122. The number of anilines is 1. The average Bonchev–Trinajstić information content (AvgIpc) is 3.16. The third-order valence-corrected chi connectivity index (χ3v) is 7.14. The minimum Gasteiger partial charge on any atom is -0.368 e. The van der Waals surface area contributed by atoms with Crippen LogP contribution in [0.3, 0.4) is 0 Å². The summed E-state index contributed by atoms with van der Waals surface area (Å²) >= 11 is 1.72. The number of hydrogen-bond acceptors (Lipinski definition) is 6. The Bertz CT molecular complexity index is 979. The molecule has 0 radical (unpaired) electrons. The summed E-state index contributed by atoms with van der Waals surface area (Å²) in [6.07, 6.45) is 9.39. The Balaban J connectivity index is 1.03. The summed E-state index contributed by atoms with van der Waals surface area (Å²) in [4.78, 5) is 27.0. The number of amides is 1. The second-order valence-electron chi connectivity index (χ2n) is 8.31. The SMILES string of the molecule is O=C(NCCCn1ccnc1)[C@H]1C[C@@H]1CN1CCN(c2csc3ncccc23)CC1. The Labute approximate surface area is 180 Å². The molecule has 2 fully saturated rings. The molecule has 4 heterocycles. The van der Waals surface area contributed by atoms with E-state index in [2.05, 4.69) is 36.5 Å². The van der Waals surface area contributed by atoms with E-state index >= 15 is 0 Å². The third-order valence-electron chi connectivity index (χ3n) is 6.25. The van der Waals surface area contributed by atoms with E-state index in [1.165, 1.54) is 11.1 Å². The van der Waals surface area contributed by atoms with Crippen molar-refractivity contribution in [2.24, 2.45) is 11.8 Å². The van der Waals surface area contributed by atoms with Crippen molar-refractivity contribution in [1.29, 1.82) is 0 Å². The highest BCUT2D eigenvalue weighted by Crippen LogP contribution is 2.39. The van der Waals surface area contributed by atoms with Gasteiger partial charge in [0.2, 0.25) is 5.91 Å². The van der Waals surface area contributed by atoms with Crippen LogP contribution >= 0.6 is 11.3 Å². The van der Waals surface area contributed by atoms with Crippen molar-refractivity contribution in [2.45, 2.75) is 19.4 Å². The molecule has 1 saturated carbocycles. The summed E-state index contributed by atoms with van der Waals surface area (Å²) in [5.74, 6) is 0.973. The minimum atomic E-state index is 0.211. The van der Waals surface area contributed by atoms with Gasteiger partial charge in [0.1, 0.15) is 4.83 Å². The van der Waals surface area contributed by atoms with Crippen LogP contribution in [0.2, 0.25) is 0 Å². The van der Waals surface area contributed by atoms with Gasteiger partial charge >= 0.3 is 0 Å². The topological polar surface area (TPSA) is 66.3 Å². The van der Waals surface area contributed by atoms with Crippen molar-refractivity contribution in [1.82, 2.24) is 24.8 Å². The molecule has 158 valence electrons. The molecule has 1 aliphatic heterocycles. The molecule has 2 atom stereocenters. The van der Waals surface area contributed by atoms with E-state index in [1.807, 2.05) is 29.4 Å². The van der Waals surface area contributed by atoms with Gasteiger partial charge in [-0.3, -0.25) is 9.69 Å². The Kier molecular flexibility index (Phi) is 5.68. The number of nitrogens with one attached hydrogen (secondary N) is 1. The predicted octanol–water partition coefficient (Wildman–Crippen LogP) is 2.46. The van der Waals surface area contributed by atoms with Crippen LogP contribution in [-0.2, 0) is 11.3 Å². The highest BCUT2D eigenvalue weighted by molar-refractivity contribution is 7.17. The van der Waals surface area contributed by atoms with Crippen molar-refractivity contribution in [3.8, 4) is 0 Å². The summed E-state index contributed by atoms with van der Waals surface area (Å²) in [7, 11) is 0. The number of aryl methyl sites for hydroxylation is 1. The number of piperazine rings is 1. The summed E-state index contributed by atoms with van der Waals surface area (Å²) in [5, 5.41) is 6.62. The van der Waals surface area contributed by atoms with E-state index in [1.54, 1.807) is 17.5 Å². The fourth-order valence-corrected chi connectivity index (χ4v) is 5.32. The van der Waals surface area contributed by atoms with Gasteiger partial charge < -0.3 is 14.8 Å². The number of rotatable bonds is 8. The van der Waals surface area contributed by atoms with Gasteiger partial charge in [0.25, 0.3) is 0 Å². The Morgan fingerprint density at radius 1 is 1.23 bits per heavy atom. The second kappa shape index (κ2) is 8.73. The number of pyridine rings is 1. The number of carbonyl (C=O) groups excluding carboxylic acids is 1. The van der Waals surface area contributed by atoms with Crippen LogP contribution in [-0.4, -0.2) is 64.6 Å². The molecule has 2 aliphatic rings. The zero-order chi connectivity index (χ0) is 20.3. The molecule has 8 heteroatoms. The van der Waals surface area contributed by atoms with Crippen LogP contribution < -0.4 is 10.2 Å². The summed E-state index contributed by atoms with van der Waals surface area (Å²) in [5.41, 5.74) is 1.32. The van der Waals surface area contributed by atoms with Crippen molar-refractivity contribution in [2.75, 3.05) is 44.2 Å². The van der Waals surface area contributed by atoms with Gasteiger partial charge in [0.05, 0.1) is 12.0 Å². The Morgan fingerprint density at radius 2 is 2.13 bits per heavy atom. The number of imidazole rings is 1. The highest BCUT2D eigenvalue weighted by atomic mass is 32.1. The van der Waals surface area contributed by atoms with Gasteiger partial charge in [0.15, 0.2) is 0 Å². The maximum Gasteiger partial charge on any atom is 0.223 e. The average molecular weight is 425 g/mol. The van der Waals surface area contributed by atoms with Crippen LogP contribution in [0.15, 0.2) is 42.4 Å². The van der Waals surface area contributed by atoms with Crippen LogP contribution in [0.4, 0.5) is 5.69 Å². The van der Waals surface area contributed by atoms with Crippen LogP contribution in [0, 0.1) is 11.8 Å². The molecule has 1 aliphatic carbocycles. The molecule has 5 rings (SSSR count). The van der Waals surface area contributed by atoms with E-state index in [-0.39, 0.29) is 11.8 Å². The largest absolute Gasteiger partial charge is 0.368 e. The third kappa shape index (κ3) is 4.34. The summed E-state index contributed by atoms with van der Waals surface area (Å²) in [6, 6.07) is 4.19. The molecular weight excluding hydrogens is 396 g/mol. The first-order chi connectivity index (χ1) is 14.8. The van der Waals surface area contributed by atoms with Gasteiger partial charge in [0, 0.05) is 81.1 Å². The van der Waals surface area contributed by atoms with Gasteiger partial charge in [-0.05, 0) is 30.9 Å². The molecule has 7 nitrogen and oxygen atoms in total. The molecule has 1 N–H and O–H groups in total. The zero-order valence-electron chi connectivity index (χ0n) is 17.1. The first-order valence-electron chi connectivity index (χ1n) is 10.8. The summed E-state index contributed by atoms with van der Waals surface area (Å²) in [6.45, 7) is 6.89. The van der Waals surface area contributed by atoms with E-state index in [0.29, 0.717) is 5.92 Å². The fourth-order valence-electron chi connectivity index (χ4n) is 4.40. The molecular formula is C22H28N6OS. The highest BCUT2D eigenvalue weighted by Gasteiger charge is 2.43. The van der Waals surface area contributed by atoms with E-state index < -0.39 is 0 Å². The molecule has 1 saturated heterocycles. The molecule has 0 aromatic carbocycles. The summed E-state index contributed by atoms with van der Waals surface area (Å²) < 4.78 is 2.04. The van der Waals surface area contributed by atoms with Crippen molar-refractivity contribution >= 4 is 33.1 Å². The zero-order valence-corrected chi connectivity index (χ0v) is 17.9. The van der Waals surface area contributed by atoms with Crippen LogP contribution in [0.5, 0.6) is 0 Å². The maximum atomic E-state index is 12.4. The number of hydrogen-bond donors (Lipinski definition) is 1. The van der Waals surface area contributed by atoms with Gasteiger partial charge in [-0.1, -0.05) is 0 Å². The first kappa shape index (κ1) is 19.5. The normalized spacial score (nSPS) is 21.8. The predicted molar refractivity (Wildman–Crippen MR) is 120 cm³/mol. The maximum absolute atomic E-state index is 12.4. The molecule has 1 amide bonds. The van der Waals surface area contributed by atoms with Gasteiger partial charge in [-0.2, -0.15) is 0 Å². The number of nitrogens with zero attached hydrogens (tertiary/aromatic N) is 5. The number of thiophene rings is 1. The molecule has 3 aromatic rings. The van der Waals surface area contributed by atoms with Crippen molar-refractivity contribution in [3.05, 3.63) is 42.4 Å². The fraction of sp³-hybridized carbons (Fsp3) is 0.500. The first-order valence-corrected chi connectivity index (χ1v) is 11.7. The monoisotopic (exact) mass is 424 g/mol. The van der Waals surface area contributed by atoms with Crippen LogP contribution in [0.1, 0.15) is 12.8 Å². The van der Waals surface area contributed by atoms with Crippen molar-refractivity contribution < 1.29 is 4.79 Å². The lowest BCUT2D eigenvalue weighted by Crippen LogP contribution is -2.47. The molecule has 0 unspecified atom stereocenters. The van der Waals surface area contributed by atoms with Crippen LogP contribution in [0.25, 0.3) is 10.2 Å². The van der Waals surface area contributed by atoms with E-state index in [0.717, 1.165) is 63.5 Å². The lowest BCUT2D eigenvalue weighted by atomic mass is 10.2. The molecule has 3 aromatic heterocycles. The van der Waals surface area contributed by atoms with Gasteiger partial charge in [-0.25, -0.2) is 9.97 Å². The molecule has 0 spiro atoms. The molecule has 30 heavy (non-hydrogen) atoms.